The van der Waals surface area contributed by atoms with Gasteiger partial charge in [-0.05, 0) is 32.4 Å². The first kappa shape index (κ1) is 13.6. The van der Waals surface area contributed by atoms with Crippen LogP contribution in [-0.4, -0.2) is 20.3 Å². The SMILES string of the molecule is CC(O)Cc1ccccc1-n1ccn(C(C)C)c1=O. The fraction of sp³-hybridized carbons (Fsp3) is 0.400. The van der Waals surface area contributed by atoms with Crippen molar-refractivity contribution >= 4 is 0 Å². The van der Waals surface area contributed by atoms with Crippen molar-refractivity contribution in [3.63, 3.8) is 0 Å². The summed E-state index contributed by atoms with van der Waals surface area (Å²) in [4.78, 5) is 12.3. The van der Waals surface area contributed by atoms with Crippen LogP contribution in [0.15, 0.2) is 41.5 Å². The zero-order chi connectivity index (χ0) is 14.0. The lowest BCUT2D eigenvalue weighted by Gasteiger charge is -2.11. The van der Waals surface area contributed by atoms with Gasteiger partial charge >= 0.3 is 5.69 Å². The van der Waals surface area contributed by atoms with Crippen molar-refractivity contribution in [2.24, 2.45) is 0 Å². The lowest BCUT2D eigenvalue weighted by atomic mass is 10.1. The standard InChI is InChI=1S/C15H20N2O2/c1-11(2)16-8-9-17(15(16)19)14-7-5-4-6-13(14)10-12(3)18/h4-9,11-12,18H,10H2,1-3H3. The van der Waals surface area contributed by atoms with Crippen molar-refractivity contribution in [1.29, 1.82) is 0 Å². The number of imidazole rings is 1. The molecule has 102 valence electrons. The lowest BCUT2D eigenvalue weighted by Crippen LogP contribution is -2.25. The summed E-state index contributed by atoms with van der Waals surface area (Å²) in [5.41, 5.74) is 1.77. The Labute approximate surface area is 112 Å². The van der Waals surface area contributed by atoms with Crippen LogP contribution in [-0.2, 0) is 6.42 Å². The third kappa shape index (κ3) is 2.79. The highest BCUT2D eigenvalue weighted by Crippen LogP contribution is 2.15. The largest absolute Gasteiger partial charge is 0.393 e. The Bertz CT molecular complexity index is 609. The van der Waals surface area contributed by atoms with Crippen molar-refractivity contribution in [1.82, 2.24) is 9.13 Å². The molecule has 4 nitrogen and oxygen atoms in total. The minimum absolute atomic E-state index is 0.0481. The molecule has 0 bridgehead atoms. The van der Waals surface area contributed by atoms with Gasteiger partial charge in [-0.2, -0.15) is 0 Å². The van der Waals surface area contributed by atoms with E-state index in [0.717, 1.165) is 11.3 Å². The van der Waals surface area contributed by atoms with Gasteiger partial charge in [0.2, 0.25) is 0 Å². The van der Waals surface area contributed by atoms with Crippen LogP contribution in [0.3, 0.4) is 0 Å². The van der Waals surface area contributed by atoms with Gasteiger partial charge in [-0.1, -0.05) is 18.2 Å². The van der Waals surface area contributed by atoms with Gasteiger partial charge in [0.15, 0.2) is 0 Å². The quantitative estimate of drug-likeness (QED) is 0.915. The highest BCUT2D eigenvalue weighted by molar-refractivity contribution is 5.41. The predicted molar refractivity (Wildman–Crippen MR) is 75.8 cm³/mol. The van der Waals surface area contributed by atoms with Crippen LogP contribution < -0.4 is 5.69 Å². The molecule has 1 aromatic carbocycles. The molecule has 1 N–H and O–H groups in total. The summed E-state index contributed by atoms with van der Waals surface area (Å²) < 4.78 is 3.33. The molecule has 0 aliphatic carbocycles. The number of aliphatic hydroxyl groups excluding tert-OH is 1. The van der Waals surface area contributed by atoms with E-state index in [1.165, 1.54) is 0 Å². The van der Waals surface area contributed by atoms with Crippen LogP contribution >= 0.6 is 0 Å². The van der Waals surface area contributed by atoms with Crippen LogP contribution in [0, 0.1) is 0 Å². The number of hydrogen-bond acceptors (Lipinski definition) is 2. The smallest absolute Gasteiger partial charge is 0.332 e. The summed E-state index contributed by atoms with van der Waals surface area (Å²) in [6.07, 6.45) is 3.69. The first-order valence-electron chi connectivity index (χ1n) is 6.56. The van der Waals surface area contributed by atoms with E-state index in [4.69, 9.17) is 0 Å². The molecule has 19 heavy (non-hydrogen) atoms. The second-order valence-electron chi connectivity index (χ2n) is 5.13. The molecule has 1 unspecified atom stereocenters. The molecule has 1 heterocycles. The third-order valence-electron chi connectivity index (χ3n) is 3.13. The van der Waals surface area contributed by atoms with Crippen molar-refractivity contribution in [2.45, 2.75) is 39.3 Å². The van der Waals surface area contributed by atoms with Crippen molar-refractivity contribution in [3.05, 3.63) is 52.7 Å². The molecular weight excluding hydrogens is 240 g/mol. The molecule has 2 rings (SSSR count). The van der Waals surface area contributed by atoms with Gasteiger partial charge in [0.1, 0.15) is 0 Å². The van der Waals surface area contributed by atoms with Crippen LogP contribution in [0.25, 0.3) is 5.69 Å². The molecule has 0 radical (unpaired) electrons. The molecule has 0 aliphatic rings. The van der Waals surface area contributed by atoms with Crippen molar-refractivity contribution in [3.8, 4) is 5.69 Å². The zero-order valence-electron chi connectivity index (χ0n) is 11.6. The van der Waals surface area contributed by atoms with Gasteiger partial charge in [0, 0.05) is 24.9 Å². The number of aromatic nitrogens is 2. The maximum absolute atomic E-state index is 12.3. The van der Waals surface area contributed by atoms with Crippen molar-refractivity contribution in [2.75, 3.05) is 0 Å². The molecule has 1 aromatic heterocycles. The molecule has 0 fully saturated rings. The van der Waals surface area contributed by atoms with Gasteiger partial charge in [-0.25, -0.2) is 4.79 Å². The van der Waals surface area contributed by atoms with Gasteiger partial charge in [-0.15, -0.1) is 0 Å². The fourth-order valence-electron chi connectivity index (χ4n) is 2.20. The second-order valence-corrected chi connectivity index (χ2v) is 5.13. The van der Waals surface area contributed by atoms with Gasteiger partial charge < -0.3 is 5.11 Å². The number of rotatable bonds is 4. The Hall–Kier alpha value is -1.81. The maximum atomic E-state index is 12.3. The van der Waals surface area contributed by atoms with Gasteiger partial charge in [0.05, 0.1) is 11.8 Å². The lowest BCUT2D eigenvalue weighted by molar-refractivity contribution is 0.195. The molecular formula is C15H20N2O2. The maximum Gasteiger partial charge on any atom is 0.332 e. The molecule has 0 saturated heterocycles. The minimum atomic E-state index is -0.427. The van der Waals surface area contributed by atoms with Gasteiger partial charge in [0.25, 0.3) is 0 Å². The van der Waals surface area contributed by atoms with E-state index in [-0.39, 0.29) is 11.7 Å². The Kier molecular flexibility index (Phi) is 3.90. The number of nitrogens with zero attached hydrogens (tertiary/aromatic N) is 2. The normalized spacial score (nSPS) is 12.9. The summed E-state index contributed by atoms with van der Waals surface area (Å²) in [5.74, 6) is 0. The average molecular weight is 260 g/mol. The van der Waals surface area contributed by atoms with Crippen LogP contribution in [0.4, 0.5) is 0 Å². The third-order valence-corrected chi connectivity index (χ3v) is 3.13. The molecule has 2 aromatic rings. The predicted octanol–water partition coefficient (Wildman–Crippen LogP) is 2.14. The van der Waals surface area contributed by atoms with E-state index in [0.29, 0.717) is 6.42 Å². The summed E-state index contributed by atoms with van der Waals surface area (Å²) in [6, 6.07) is 7.81. The molecule has 0 aliphatic heterocycles. The first-order chi connectivity index (χ1) is 9.00. The Morgan fingerprint density at radius 3 is 2.42 bits per heavy atom. The summed E-state index contributed by atoms with van der Waals surface area (Å²) in [6.45, 7) is 5.71. The fourth-order valence-corrected chi connectivity index (χ4v) is 2.20. The van der Waals surface area contributed by atoms with E-state index in [1.807, 2.05) is 38.1 Å². The molecule has 0 amide bonds. The number of hydrogen-bond donors (Lipinski definition) is 1. The number of benzene rings is 1. The zero-order valence-corrected chi connectivity index (χ0v) is 11.6. The minimum Gasteiger partial charge on any atom is -0.393 e. The number of aliphatic hydroxyl groups is 1. The van der Waals surface area contributed by atoms with Crippen LogP contribution in [0.2, 0.25) is 0 Å². The monoisotopic (exact) mass is 260 g/mol. The topological polar surface area (TPSA) is 47.2 Å². The van der Waals surface area contributed by atoms with Crippen molar-refractivity contribution < 1.29 is 5.11 Å². The highest BCUT2D eigenvalue weighted by Gasteiger charge is 2.11. The van der Waals surface area contributed by atoms with E-state index >= 15 is 0 Å². The molecule has 0 saturated carbocycles. The Balaban J connectivity index is 2.50. The van der Waals surface area contributed by atoms with Crippen LogP contribution in [0.5, 0.6) is 0 Å². The van der Waals surface area contributed by atoms with E-state index in [2.05, 4.69) is 0 Å². The number of para-hydroxylation sites is 1. The van der Waals surface area contributed by atoms with Gasteiger partial charge in [-0.3, -0.25) is 9.13 Å². The Morgan fingerprint density at radius 1 is 1.16 bits per heavy atom. The first-order valence-corrected chi connectivity index (χ1v) is 6.56. The Morgan fingerprint density at radius 2 is 1.84 bits per heavy atom. The van der Waals surface area contributed by atoms with E-state index < -0.39 is 6.10 Å². The summed E-state index contributed by atoms with van der Waals surface area (Å²) in [7, 11) is 0. The summed E-state index contributed by atoms with van der Waals surface area (Å²) >= 11 is 0. The average Bonchev–Trinajstić information content (AvgIpc) is 2.71. The molecule has 0 spiro atoms. The van der Waals surface area contributed by atoms with E-state index in [1.54, 1.807) is 28.5 Å². The highest BCUT2D eigenvalue weighted by atomic mass is 16.3. The second kappa shape index (κ2) is 5.45. The summed E-state index contributed by atoms with van der Waals surface area (Å²) in [5, 5.41) is 9.55. The molecule has 4 heteroatoms. The van der Waals surface area contributed by atoms with Crippen LogP contribution in [0.1, 0.15) is 32.4 Å². The molecule has 1 atom stereocenters. The van der Waals surface area contributed by atoms with E-state index in [9.17, 15) is 9.90 Å².